The summed E-state index contributed by atoms with van der Waals surface area (Å²) in [6.45, 7) is 0.379. The van der Waals surface area contributed by atoms with Gasteiger partial charge in [-0.05, 0) is 30.3 Å². The third-order valence-electron chi connectivity index (χ3n) is 4.37. The first-order chi connectivity index (χ1) is 12.5. The lowest BCUT2D eigenvalue weighted by Crippen LogP contribution is -2.34. The van der Waals surface area contributed by atoms with Crippen molar-refractivity contribution in [2.24, 2.45) is 0 Å². The Labute approximate surface area is 151 Å². The number of fused-ring (bicyclic) bond motifs is 3. The highest BCUT2D eigenvalue weighted by Crippen LogP contribution is 2.31. The number of hydrogen-bond acceptors (Lipinski definition) is 3. The predicted octanol–water partition coefficient (Wildman–Crippen LogP) is 3.66. The smallest absolute Gasteiger partial charge is 0.242 e. The SMILES string of the molecule is O=C1CCn2c(nc3cc(Cl)ccc32)C1C(=O)Nc1c(F)cccc1F. The van der Waals surface area contributed by atoms with Crippen molar-refractivity contribution in [3.8, 4) is 0 Å². The number of aromatic nitrogens is 2. The van der Waals surface area contributed by atoms with Crippen molar-refractivity contribution < 1.29 is 18.4 Å². The molecule has 1 amide bonds. The third-order valence-corrected chi connectivity index (χ3v) is 4.61. The molecule has 1 atom stereocenters. The van der Waals surface area contributed by atoms with Gasteiger partial charge in [0.1, 0.15) is 23.1 Å². The van der Waals surface area contributed by atoms with Crippen LogP contribution in [0.25, 0.3) is 11.0 Å². The summed E-state index contributed by atoms with van der Waals surface area (Å²) in [5.41, 5.74) is 0.713. The minimum absolute atomic E-state index is 0.124. The zero-order valence-corrected chi connectivity index (χ0v) is 14.1. The van der Waals surface area contributed by atoms with E-state index < -0.39 is 29.1 Å². The van der Waals surface area contributed by atoms with Crippen molar-refractivity contribution >= 4 is 40.0 Å². The van der Waals surface area contributed by atoms with E-state index in [-0.39, 0.29) is 18.0 Å². The second-order valence-corrected chi connectivity index (χ2v) is 6.43. The van der Waals surface area contributed by atoms with Gasteiger partial charge >= 0.3 is 0 Å². The molecular formula is C18H12ClF2N3O2. The third kappa shape index (κ3) is 2.64. The average Bonchev–Trinajstić information content (AvgIpc) is 2.95. The number of para-hydroxylation sites is 1. The molecule has 5 nitrogen and oxygen atoms in total. The molecule has 1 aliphatic heterocycles. The van der Waals surface area contributed by atoms with Gasteiger partial charge in [0.25, 0.3) is 0 Å². The molecule has 0 aliphatic carbocycles. The van der Waals surface area contributed by atoms with E-state index >= 15 is 0 Å². The van der Waals surface area contributed by atoms with E-state index in [9.17, 15) is 18.4 Å². The number of rotatable bonds is 2. The second-order valence-electron chi connectivity index (χ2n) is 5.99. The van der Waals surface area contributed by atoms with Crippen LogP contribution in [0.5, 0.6) is 0 Å². The van der Waals surface area contributed by atoms with Gasteiger partial charge in [0, 0.05) is 18.0 Å². The van der Waals surface area contributed by atoms with E-state index in [4.69, 9.17) is 11.6 Å². The Morgan fingerprint density at radius 1 is 1.23 bits per heavy atom. The number of nitrogens with one attached hydrogen (secondary N) is 1. The quantitative estimate of drug-likeness (QED) is 0.695. The van der Waals surface area contributed by atoms with Gasteiger partial charge in [-0.2, -0.15) is 0 Å². The summed E-state index contributed by atoms with van der Waals surface area (Å²) < 4.78 is 29.4. The molecule has 26 heavy (non-hydrogen) atoms. The molecule has 2 heterocycles. The van der Waals surface area contributed by atoms with Crippen LogP contribution < -0.4 is 5.32 Å². The molecule has 0 saturated heterocycles. The molecule has 3 aromatic rings. The first-order valence-electron chi connectivity index (χ1n) is 7.89. The van der Waals surface area contributed by atoms with Crippen LogP contribution in [-0.2, 0) is 16.1 Å². The molecule has 1 unspecified atom stereocenters. The Bertz CT molecular complexity index is 1040. The summed E-state index contributed by atoms with van der Waals surface area (Å²) in [5.74, 6) is -4.00. The van der Waals surface area contributed by atoms with E-state index in [2.05, 4.69) is 10.3 Å². The highest BCUT2D eigenvalue weighted by molar-refractivity contribution is 6.31. The number of carbonyl (C=O) groups excluding carboxylic acids is 2. The summed E-state index contributed by atoms with van der Waals surface area (Å²) in [6.07, 6.45) is 0.124. The van der Waals surface area contributed by atoms with Gasteiger partial charge in [-0.3, -0.25) is 9.59 Å². The number of aryl methyl sites for hydroxylation is 1. The molecule has 0 saturated carbocycles. The first kappa shape index (κ1) is 16.7. The Morgan fingerprint density at radius 2 is 1.96 bits per heavy atom. The molecule has 0 fully saturated rings. The van der Waals surface area contributed by atoms with Gasteiger partial charge in [-0.25, -0.2) is 13.8 Å². The van der Waals surface area contributed by atoms with E-state index in [1.54, 1.807) is 22.8 Å². The van der Waals surface area contributed by atoms with Crippen LogP contribution in [0.4, 0.5) is 14.5 Å². The Kier molecular flexibility index (Phi) is 3.96. The minimum atomic E-state index is -1.24. The number of nitrogens with zero attached hydrogens (tertiary/aromatic N) is 2. The fourth-order valence-electron chi connectivity index (χ4n) is 3.16. The topological polar surface area (TPSA) is 64.0 Å². The standard InChI is InChI=1S/C18H12ClF2N3O2/c19-9-4-5-13-12(8-9)22-17-15(14(25)6-7-24(13)17)18(26)23-16-10(20)2-1-3-11(16)21/h1-5,8,15H,6-7H2,(H,23,26). The van der Waals surface area contributed by atoms with Crippen molar-refractivity contribution in [3.05, 3.63) is 58.9 Å². The van der Waals surface area contributed by atoms with Crippen molar-refractivity contribution in [1.29, 1.82) is 0 Å². The Balaban J connectivity index is 1.76. The molecule has 8 heteroatoms. The first-order valence-corrected chi connectivity index (χ1v) is 8.27. The van der Waals surface area contributed by atoms with Crippen LogP contribution in [0.15, 0.2) is 36.4 Å². The molecule has 0 spiro atoms. The average molecular weight is 376 g/mol. The van der Waals surface area contributed by atoms with Crippen molar-refractivity contribution in [1.82, 2.24) is 9.55 Å². The fraction of sp³-hybridized carbons (Fsp3) is 0.167. The van der Waals surface area contributed by atoms with E-state index in [1.165, 1.54) is 6.07 Å². The molecule has 1 N–H and O–H groups in total. The van der Waals surface area contributed by atoms with Gasteiger partial charge in [-0.1, -0.05) is 17.7 Å². The number of carbonyl (C=O) groups is 2. The van der Waals surface area contributed by atoms with Crippen molar-refractivity contribution in [3.63, 3.8) is 0 Å². The zero-order valence-electron chi connectivity index (χ0n) is 13.3. The maximum absolute atomic E-state index is 13.8. The van der Waals surface area contributed by atoms with Crippen LogP contribution in [0.3, 0.4) is 0 Å². The number of halogens is 3. The summed E-state index contributed by atoms with van der Waals surface area (Å²) >= 11 is 5.97. The summed E-state index contributed by atoms with van der Waals surface area (Å²) in [5, 5.41) is 2.67. The lowest BCUT2D eigenvalue weighted by molar-refractivity contribution is -0.128. The van der Waals surface area contributed by atoms with E-state index in [0.717, 1.165) is 17.6 Å². The monoisotopic (exact) mass is 375 g/mol. The van der Waals surface area contributed by atoms with Gasteiger partial charge in [0.2, 0.25) is 5.91 Å². The van der Waals surface area contributed by atoms with Gasteiger partial charge in [0.05, 0.1) is 11.0 Å². The fourth-order valence-corrected chi connectivity index (χ4v) is 3.33. The minimum Gasteiger partial charge on any atom is -0.326 e. The number of anilines is 1. The van der Waals surface area contributed by atoms with Crippen molar-refractivity contribution in [2.45, 2.75) is 18.9 Å². The number of hydrogen-bond donors (Lipinski definition) is 1. The lowest BCUT2D eigenvalue weighted by Gasteiger charge is -2.22. The molecule has 1 aromatic heterocycles. The normalized spacial score (nSPS) is 16.6. The van der Waals surface area contributed by atoms with Crippen LogP contribution in [-0.4, -0.2) is 21.2 Å². The van der Waals surface area contributed by atoms with Gasteiger partial charge < -0.3 is 9.88 Å². The molecular weight excluding hydrogens is 364 g/mol. The van der Waals surface area contributed by atoms with Crippen LogP contribution in [0.2, 0.25) is 5.02 Å². The van der Waals surface area contributed by atoms with Crippen molar-refractivity contribution in [2.75, 3.05) is 5.32 Å². The number of amides is 1. The lowest BCUT2D eigenvalue weighted by atomic mass is 9.96. The van der Waals surface area contributed by atoms with E-state index in [0.29, 0.717) is 17.1 Å². The highest BCUT2D eigenvalue weighted by atomic mass is 35.5. The maximum Gasteiger partial charge on any atom is 0.242 e. The number of ketones is 1. The molecule has 0 bridgehead atoms. The van der Waals surface area contributed by atoms with E-state index in [1.807, 2.05) is 0 Å². The van der Waals surface area contributed by atoms with Crippen LogP contribution in [0.1, 0.15) is 18.2 Å². The molecule has 0 radical (unpaired) electrons. The zero-order chi connectivity index (χ0) is 18.4. The summed E-state index contributed by atoms with van der Waals surface area (Å²) in [4.78, 5) is 29.4. The molecule has 4 rings (SSSR count). The predicted molar refractivity (Wildman–Crippen MR) is 92.1 cm³/mol. The Hall–Kier alpha value is -2.80. The van der Waals surface area contributed by atoms with Crippen LogP contribution >= 0.6 is 11.6 Å². The molecule has 132 valence electrons. The highest BCUT2D eigenvalue weighted by Gasteiger charge is 2.37. The van der Waals surface area contributed by atoms with Gasteiger partial charge in [-0.15, -0.1) is 0 Å². The molecule has 2 aromatic carbocycles. The number of imidazole rings is 1. The summed E-state index contributed by atoms with van der Waals surface area (Å²) in [7, 11) is 0. The maximum atomic E-state index is 13.8. The van der Waals surface area contributed by atoms with Gasteiger partial charge in [0.15, 0.2) is 11.7 Å². The number of benzene rings is 2. The summed E-state index contributed by atoms with van der Waals surface area (Å²) in [6, 6.07) is 8.33. The van der Waals surface area contributed by atoms with Crippen LogP contribution in [0, 0.1) is 11.6 Å². The number of Topliss-reactive ketones (excluding diaryl/α,β-unsaturated/α-hetero) is 1. The largest absolute Gasteiger partial charge is 0.326 e. The Morgan fingerprint density at radius 3 is 2.69 bits per heavy atom. The second kappa shape index (κ2) is 6.17. The molecule has 1 aliphatic rings.